The van der Waals surface area contributed by atoms with Crippen molar-refractivity contribution in [2.24, 2.45) is 0 Å². The van der Waals surface area contributed by atoms with Crippen LogP contribution in [0.25, 0.3) is 0 Å². The van der Waals surface area contributed by atoms with E-state index in [1.54, 1.807) is 36.4 Å². The number of carbonyl (C=O) groups excluding carboxylic acids is 2. The minimum atomic E-state index is -4.23. The van der Waals surface area contributed by atoms with Gasteiger partial charge in [0, 0.05) is 24.0 Å². The van der Waals surface area contributed by atoms with E-state index in [0.717, 1.165) is 38.3 Å². The number of hydrogen-bond donors (Lipinski definition) is 1. The third-order valence-corrected chi connectivity index (χ3v) is 10.00. The number of nitrogens with one attached hydrogen (secondary N) is 1. The molecule has 1 unspecified atom stereocenters. The molecule has 0 aliphatic carbocycles. The Balaban J connectivity index is 1.79. The van der Waals surface area contributed by atoms with E-state index in [2.05, 4.69) is 21.2 Å². The molecule has 4 aromatic rings. The number of carbonyl (C=O) groups is 2. The molecule has 45 heavy (non-hydrogen) atoms. The Morgan fingerprint density at radius 2 is 1.51 bits per heavy atom. The van der Waals surface area contributed by atoms with Gasteiger partial charge in [-0.2, -0.15) is 0 Å². The van der Waals surface area contributed by atoms with Crippen LogP contribution < -0.4 is 9.62 Å². The van der Waals surface area contributed by atoms with Gasteiger partial charge in [0.2, 0.25) is 11.8 Å². The summed E-state index contributed by atoms with van der Waals surface area (Å²) < 4.78 is 30.2. The smallest absolute Gasteiger partial charge is 0.264 e. The second kappa shape index (κ2) is 16.1. The number of sulfonamides is 1. The molecule has 0 aliphatic heterocycles. The zero-order chi connectivity index (χ0) is 32.4. The van der Waals surface area contributed by atoms with E-state index in [0.29, 0.717) is 6.54 Å². The second-order valence-corrected chi connectivity index (χ2v) is 14.0. The first kappa shape index (κ1) is 34.2. The van der Waals surface area contributed by atoms with Crippen molar-refractivity contribution in [2.45, 2.75) is 50.6 Å². The highest BCUT2D eigenvalue weighted by molar-refractivity contribution is 9.10. The van der Waals surface area contributed by atoms with Crippen LogP contribution in [0.5, 0.6) is 0 Å². The number of hydrogen-bond acceptors (Lipinski definition) is 4. The van der Waals surface area contributed by atoms with Gasteiger partial charge in [-0.25, -0.2) is 8.42 Å². The SMILES string of the molecule is CCCCNC(=O)C(Cc1ccccc1)N(Cc1ccc(Br)cc1)C(=O)CN(c1ccccc1Cl)S(=O)(=O)c1ccc(C)cc1. The lowest BCUT2D eigenvalue weighted by atomic mass is 10.0. The van der Waals surface area contributed by atoms with Crippen molar-refractivity contribution in [2.75, 3.05) is 17.4 Å². The first-order valence-electron chi connectivity index (χ1n) is 14.8. The van der Waals surface area contributed by atoms with Crippen LogP contribution >= 0.6 is 27.5 Å². The summed E-state index contributed by atoms with van der Waals surface area (Å²) in [5, 5.41) is 3.18. The summed E-state index contributed by atoms with van der Waals surface area (Å²) in [6.45, 7) is 3.89. The molecule has 0 aliphatic rings. The molecule has 7 nitrogen and oxygen atoms in total. The fourth-order valence-corrected chi connectivity index (χ4v) is 6.84. The number of unbranched alkanes of at least 4 members (excludes halogenated alkanes) is 1. The average Bonchev–Trinajstić information content (AvgIpc) is 3.03. The van der Waals surface area contributed by atoms with Crippen molar-refractivity contribution in [1.29, 1.82) is 0 Å². The lowest BCUT2D eigenvalue weighted by Gasteiger charge is -2.34. The minimum Gasteiger partial charge on any atom is -0.354 e. The van der Waals surface area contributed by atoms with Gasteiger partial charge < -0.3 is 10.2 Å². The molecule has 0 radical (unpaired) electrons. The Kier molecular flexibility index (Phi) is 12.2. The molecular formula is C35H37BrClN3O4S. The normalized spacial score (nSPS) is 11.9. The molecule has 0 bridgehead atoms. The van der Waals surface area contributed by atoms with Gasteiger partial charge in [0.1, 0.15) is 12.6 Å². The van der Waals surface area contributed by atoms with Gasteiger partial charge in [-0.15, -0.1) is 0 Å². The Morgan fingerprint density at radius 3 is 2.16 bits per heavy atom. The fourth-order valence-electron chi connectivity index (χ4n) is 4.85. The minimum absolute atomic E-state index is 0.0263. The monoisotopic (exact) mass is 709 g/mol. The van der Waals surface area contributed by atoms with Crippen molar-refractivity contribution < 1.29 is 18.0 Å². The summed E-state index contributed by atoms with van der Waals surface area (Å²) >= 11 is 9.99. The van der Waals surface area contributed by atoms with Gasteiger partial charge in [-0.05, 0) is 60.9 Å². The summed E-state index contributed by atoms with van der Waals surface area (Å²) in [6.07, 6.45) is 1.94. The molecule has 1 atom stereocenters. The fraction of sp³-hybridized carbons (Fsp3) is 0.257. The Labute approximate surface area is 279 Å². The molecule has 236 valence electrons. The van der Waals surface area contributed by atoms with E-state index in [1.807, 2.05) is 68.4 Å². The Morgan fingerprint density at radius 1 is 0.867 bits per heavy atom. The standard InChI is InChI=1S/C35H37BrClN3O4S/c1-3-4-22-38-35(42)33(23-27-10-6-5-7-11-27)39(24-28-16-18-29(36)19-17-28)34(41)25-40(32-13-9-8-12-31(32)37)45(43,44)30-20-14-26(2)15-21-30/h5-21,33H,3-4,22-25H2,1-2H3,(H,38,42). The largest absolute Gasteiger partial charge is 0.354 e. The number of benzene rings is 4. The molecule has 10 heteroatoms. The Hall–Kier alpha value is -3.66. The highest BCUT2D eigenvalue weighted by atomic mass is 79.9. The number of halogens is 2. The lowest BCUT2D eigenvalue weighted by Crippen LogP contribution is -2.53. The maximum atomic E-state index is 14.5. The molecule has 4 aromatic carbocycles. The molecule has 4 rings (SSSR count). The van der Waals surface area contributed by atoms with Crippen LogP contribution in [0.2, 0.25) is 5.02 Å². The zero-order valence-corrected chi connectivity index (χ0v) is 28.5. The van der Waals surface area contributed by atoms with Gasteiger partial charge in [0.05, 0.1) is 15.6 Å². The van der Waals surface area contributed by atoms with Gasteiger partial charge in [-0.3, -0.25) is 13.9 Å². The predicted octanol–water partition coefficient (Wildman–Crippen LogP) is 7.16. The molecule has 0 aromatic heterocycles. The summed E-state index contributed by atoms with van der Waals surface area (Å²) in [6, 6.07) is 29.0. The number of anilines is 1. The quantitative estimate of drug-likeness (QED) is 0.141. The third kappa shape index (κ3) is 9.19. The topological polar surface area (TPSA) is 86.8 Å². The maximum absolute atomic E-state index is 14.5. The number of amides is 2. The second-order valence-electron chi connectivity index (χ2n) is 10.8. The van der Waals surface area contributed by atoms with Crippen LogP contribution in [-0.4, -0.2) is 44.3 Å². The molecular weight excluding hydrogens is 674 g/mol. The van der Waals surface area contributed by atoms with Crippen LogP contribution in [-0.2, 0) is 32.6 Å². The van der Waals surface area contributed by atoms with Gasteiger partial charge >= 0.3 is 0 Å². The van der Waals surface area contributed by atoms with Gasteiger partial charge in [0.15, 0.2) is 0 Å². The number of aryl methyl sites for hydroxylation is 1. The molecule has 0 saturated heterocycles. The van der Waals surface area contributed by atoms with Crippen LogP contribution in [0.1, 0.15) is 36.5 Å². The molecule has 0 fully saturated rings. The van der Waals surface area contributed by atoms with E-state index in [4.69, 9.17) is 11.6 Å². The molecule has 1 N–H and O–H groups in total. The first-order valence-corrected chi connectivity index (χ1v) is 17.4. The van der Waals surface area contributed by atoms with E-state index < -0.39 is 28.5 Å². The first-order chi connectivity index (χ1) is 21.6. The van der Waals surface area contributed by atoms with Crippen molar-refractivity contribution in [3.8, 4) is 0 Å². The maximum Gasteiger partial charge on any atom is 0.264 e. The highest BCUT2D eigenvalue weighted by Crippen LogP contribution is 2.31. The van der Waals surface area contributed by atoms with Crippen LogP contribution in [0, 0.1) is 6.92 Å². The third-order valence-electron chi connectivity index (χ3n) is 7.38. The van der Waals surface area contributed by atoms with Crippen LogP contribution in [0.3, 0.4) is 0 Å². The van der Waals surface area contributed by atoms with Crippen LogP contribution in [0.15, 0.2) is 112 Å². The van der Waals surface area contributed by atoms with E-state index in [9.17, 15) is 18.0 Å². The predicted molar refractivity (Wildman–Crippen MR) is 184 cm³/mol. The van der Waals surface area contributed by atoms with E-state index >= 15 is 0 Å². The van der Waals surface area contributed by atoms with Crippen LogP contribution in [0.4, 0.5) is 5.69 Å². The lowest BCUT2D eigenvalue weighted by molar-refractivity contribution is -0.140. The zero-order valence-electron chi connectivity index (χ0n) is 25.3. The van der Waals surface area contributed by atoms with Gasteiger partial charge in [-0.1, -0.05) is 113 Å². The van der Waals surface area contributed by atoms with Crippen molar-refractivity contribution in [3.05, 3.63) is 129 Å². The van der Waals surface area contributed by atoms with Gasteiger partial charge in [0.25, 0.3) is 10.0 Å². The van der Waals surface area contributed by atoms with Crippen molar-refractivity contribution in [1.82, 2.24) is 10.2 Å². The van der Waals surface area contributed by atoms with E-state index in [1.165, 1.54) is 17.0 Å². The average molecular weight is 711 g/mol. The molecule has 0 saturated carbocycles. The molecule has 2 amide bonds. The highest BCUT2D eigenvalue weighted by Gasteiger charge is 2.35. The number of nitrogens with zero attached hydrogens (tertiary/aromatic N) is 2. The van der Waals surface area contributed by atoms with Crippen molar-refractivity contribution in [3.63, 3.8) is 0 Å². The number of para-hydroxylation sites is 1. The summed E-state index contributed by atoms with van der Waals surface area (Å²) in [5.74, 6) is -0.844. The van der Waals surface area contributed by atoms with E-state index in [-0.39, 0.29) is 34.5 Å². The molecule has 0 spiro atoms. The van der Waals surface area contributed by atoms with Crippen molar-refractivity contribution >= 4 is 55.1 Å². The Bertz CT molecular complexity index is 1680. The number of rotatable bonds is 14. The molecule has 0 heterocycles. The summed E-state index contributed by atoms with van der Waals surface area (Å²) in [7, 11) is -4.23. The summed E-state index contributed by atoms with van der Waals surface area (Å²) in [5.41, 5.74) is 2.73. The summed E-state index contributed by atoms with van der Waals surface area (Å²) in [4.78, 5) is 29.8.